The molecule has 0 saturated heterocycles. The maximum Gasteiger partial charge on any atom is 0.321 e. The van der Waals surface area contributed by atoms with Crippen molar-refractivity contribution in [1.82, 2.24) is 10.3 Å². The third-order valence-electron chi connectivity index (χ3n) is 1.57. The zero-order chi connectivity index (χ0) is 11.8. The fourth-order valence-electron chi connectivity index (χ4n) is 0.925. The number of quaternary nitrogens is 1. The monoisotopic (exact) mass is 265 g/mol. The number of alkyl halides is 1. The van der Waals surface area contributed by atoms with E-state index >= 15 is 0 Å². The highest BCUT2D eigenvalue weighted by molar-refractivity contribution is 7.18. The number of urea groups is 1. The van der Waals surface area contributed by atoms with E-state index in [2.05, 4.69) is 15.6 Å². The smallest absolute Gasteiger partial charge is 0.321 e. The Morgan fingerprint density at radius 1 is 1.75 bits per heavy atom. The van der Waals surface area contributed by atoms with E-state index < -0.39 is 0 Å². The summed E-state index contributed by atoms with van der Waals surface area (Å²) in [7, 11) is 1.56. The second kappa shape index (κ2) is 7.39. The van der Waals surface area contributed by atoms with Crippen LogP contribution in [0.15, 0.2) is 6.20 Å². The van der Waals surface area contributed by atoms with Gasteiger partial charge in [-0.2, -0.15) is 5.48 Å². The summed E-state index contributed by atoms with van der Waals surface area (Å²) in [6.45, 7) is 0.553. The van der Waals surface area contributed by atoms with E-state index in [0.717, 1.165) is 11.4 Å². The van der Waals surface area contributed by atoms with Crippen molar-refractivity contribution in [1.29, 1.82) is 0 Å². The third kappa shape index (κ3) is 4.75. The SMILES string of the molecule is CO[NH2+]c1cnc(NC(=O)NCCCCl)s1. The van der Waals surface area contributed by atoms with Crippen molar-refractivity contribution in [3.05, 3.63) is 6.20 Å². The lowest BCUT2D eigenvalue weighted by molar-refractivity contribution is -0.827. The number of nitrogens with one attached hydrogen (secondary N) is 2. The molecule has 0 aliphatic rings. The van der Waals surface area contributed by atoms with Gasteiger partial charge in [-0.05, 0) is 17.8 Å². The van der Waals surface area contributed by atoms with Crippen LogP contribution in [0, 0.1) is 0 Å². The lowest BCUT2D eigenvalue weighted by atomic mass is 10.5. The molecule has 1 rings (SSSR count). The fraction of sp³-hybridized carbons (Fsp3) is 0.500. The Morgan fingerprint density at radius 3 is 3.25 bits per heavy atom. The fourth-order valence-corrected chi connectivity index (χ4v) is 1.78. The average molecular weight is 266 g/mol. The van der Waals surface area contributed by atoms with Gasteiger partial charge < -0.3 is 5.32 Å². The number of aromatic nitrogens is 1. The van der Waals surface area contributed by atoms with Gasteiger partial charge in [-0.1, -0.05) is 0 Å². The minimum atomic E-state index is -0.275. The first kappa shape index (κ1) is 13.2. The molecule has 1 aromatic heterocycles. The Kier molecular flexibility index (Phi) is 6.09. The van der Waals surface area contributed by atoms with Crippen LogP contribution in [0.4, 0.5) is 14.9 Å². The molecule has 0 aromatic carbocycles. The van der Waals surface area contributed by atoms with Gasteiger partial charge in [0.15, 0.2) is 5.13 Å². The van der Waals surface area contributed by atoms with Crippen LogP contribution >= 0.6 is 22.9 Å². The zero-order valence-electron chi connectivity index (χ0n) is 8.83. The third-order valence-corrected chi connectivity index (χ3v) is 2.68. The van der Waals surface area contributed by atoms with Crippen LogP contribution < -0.4 is 16.1 Å². The molecule has 2 amide bonds. The Balaban J connectivity index is 2.31. The Labute approximate surface area is 102 Å². The van der Waals surface area contributed by atoms with Gasteiger partial charge in [-0.3, -0.25) is 5.32 Å². The zero-order valence-corrected chi connectivity index (χ0v) is 10.4. The molecule has 0 unspecified atom stereocenters. The summed E-state index contributed by atoms with van der Waals surface area (Å²) in [5.74, 6) is 0.532. The molecular weight excluding hydrogens is 252 g/mol. The van der Waals surface area contributed by atoms with Crippen molar-refractivity contribution in [2.75, 3.05) is 24.9 Å². The number of anilines is 1. The number of thiazole rings is 1. The van der Waals surface area contributed by atoms with Crippen LogP contribution in [0.1, 0.15) is 6.42 Å². The summed E-state index contributed by atoms with van der Waals surface area (Å²) >= 11 is 6.82. The number of nitrogens with zero attached hydrogens (tertiary/aromatic N) is 1. The molecule has 0 atom stereocenters. The molecule has 0 fully saturated rings. The molecule has 0 bridgehead atoms. The van der Waals surface area contributed by atoms with E-state index in [9.17, 15) is 4.79 Å². The topological polar surface area (TPSA) is 79.9 Å². The Bertz CT molecular complexity index is 334. The van der Waals surface area contributed by atoms with Gasteiger partial charge in [0.25, 0.3) is 0 Å². The Hall–Kier alpha value is -0.890. The summed E-state index contributed by atoms with van der Waals surface area (Å²) in [4.78, 5) is 20.2. The van der Waals surface area contributed by atoms with E-state index in [1.54, 1.807) is 18.8 Å². The van der Waals surface area contributed by atoms with Gasteiger partial charge >= 0.3 is 6.03 Å². The van der Waals surface area contributed by atoms with Gasteiger partial charge in [-0.15, -0.1) is 11.6 Å². The lowest BCUT2D eigenvalue weighted by Gasteiger charge is -2.02. The minimum Gasteiger partial charge on any atom is -0.338 e. The number of carbonyl (C=O) groups excluding carboxylic acids is 1. The average Bonchev–Trinajstić information content (AvgIpc) is 2.66. The molecule has 4 N–H and O–H groups in total. The minimum absolute atomic E-state index is 0.275. The standard InChI is InChI=1S/C8H13ClN4O2S/c1-15-13-6-5-11-8(16-6)12-7(14)10-4-2-3-9/h5,13H,2-4H2,1H3,(H2,10,11,12,14)/p+1. The van der Waals surface area contributed by atoms with Crippen LogP contribution in [0.3, 0.4) is 0 Å². The first-order valence-corrected chi connectivity index (χ1v) is 6.04. The number of hydrogen-bond acceptors (Lipinski definition) is 4. The highest BCUT2D eigenvalue weighted by Gasteiger charge is 2.07. The first-order chi connectivity index (χ1) is 7.76. The molecule has 16 heavy (non-hydrogen) atoms. The quantitative estimate of drug-likeness (QED) is 0.401. The predicted octanol–water partition coefficient (Wildman–Crippen LogP) is 0.650. The molecule has 0 aliphatic heterocycles. The van der Waals surface area contributed by atoms with Gasteiger partial charge in [0.2, 0.25) is 5.00 Å². The number of carbonyl (C=O) groups is 1. The van der Waals surface area contributed by atoms with Crippen LogP contribution in [0.5, 0.6) is 0 Å². The van der Waals surface area contributed by atoms with E-state index in [4.69, 9.17) is 16.4 Å². The summed E-state index contributed by atoms with van der Waals surface area (Å²) in [6, 6.07) is -0.275. The van der Waals surface area contributed by atoms with Crippen molar-refractivity contribution in [3.8, 4) is 0 Å². The number of halogens is 1. The number of rotatable bonds is 6. The number of amides is 2. The summed E-state index contributed by atoms with van der Waals surface area (Å²) in [6.07, 6.45) is 2.37. The second-order valence-corrected chi connectivity index (χ2v) is 4.28. The van der Waals surface area contributed by atoms with Crippen molar-refractivity contribution in [2.24, 2.45) is 0 Å². The molecule has 0 spiro atoms. The molecule has 1 heterocycles. The van der Waals surface area contributed by atoms with Gasteiger partial charge in [-0.25, -0.2) is 14.6 Å². The van der Waals surface area contributed by atoms with Crippen LogP contribution in [-0.2, 0) is 4.84 Å². The van der Waals surface area contributed by atoms with Crippen LogP contribution in [0.2, 0.25) is 0 Å². The van der Waals surface area contributed by atoms with E-state index in [1.807, 2.05) is 0 Å². The van der Waals surface area contributed by atoms with Crippen molar-refractivity contribution in [3.63, 3.8) is 0 Å². The maximum atomic E-state index is 11.3. The van der Waals surface area contributed by atoms with Gasteiger partial charge in [0, 0.05) is 12.4 Å². The summed E-state index contributed by atoms with van der Waals surface area (Å²) < 4.78 is 0. The highest BCUT2D eigenvalue weighted by Crippen LogP contribution is 2.18. The van der Waals surface area contributed by atoms with E-state index in [0.29, 0.717) is 17.6 Å². The first-order valence-electron chi connectivity index (χ1n) is 4.69. The van der Waals surface area contributed by atoms with E-state index in [1.165, 1.54) is 11.3 Å². The Morgan fingerprint density at radius 2 is 2.56 bits per heavy atom. The number of nitrogens with two attached hydrogens (primary N) is 1. The normalized spacial score (nSPS) is 10.1. The molecule has 90 valence electrons. The molecule has 8 heteroatoms. The van der Waals surface area contributed by atoms with Gasteiger partial charge in [0.1, 0.15) is 6.20 Å². The molecule has 0 aliphatic carbocycles. The number of hydrogen-bond donors (Lipinski definition) is 3. The molecule has 0 saturated carbocycles. The lowest BCUT2D eigenvalue weighted by Crippen LogP contribution is -2.75. The summed E-state index contributed by atoms with van der Waals surface area (Å²) in [5, 5.41) is 6.66. The van der Waals surface area contributed by atoms with Crippen molar-refractivity contribution in [2.45, 2.75) is 6.42 Å². The van der Waals surface area contributed by atoms with Crippen molar-refractivity contribution < 1.29 is 15.1 Å². The molecular formula is C8H14ClN4O2S+. The van der Waals surface area contributed by atoms with Crippen LogP contribution in [-0.4, -0.2) is 30.5 Å². The largest absolute Gasteiger partial charge is 0.338 e. The molecule has 6 nitrogen and oxygen atoms in total. The predicted molar refractivity (Wildman–Crippen MR) is 63.1 cm³/mol. The van der Waals surface area contributed by atoms with Gasteiger partial charge in [0.05, 0.1) is 7.11 Å². The second-order valence-electron chi connectivity index (χ2n) is 2.84. The van der Waals surface area contributed by atoms with Crippen LogP contribution in [0.25, 0.3) is 0 Å². The molecule has 0 radical (unpaired) electrons. The molecule has 1 aromatic rings. The van der Waals surface area contributed by atoms with E-state index in [-0.39, 0.29) is 6.03 Å². The highest BCUT2D eigenvalue weighted by atomic mass is 35.5. The summed E-state index contributed by atoms with van der Waals surface area (Å²) in [5.41, 5.74) is 1.56. The van der Waals surface area contributed by atoms with Crippen molar-refractivity contribution >= 4 is 39.1 Å². The maximum absolute atomic E-state index is 11.3.